The van der Waals surface area contributed by atoms with Crippen LogP contribution in [0, 0.1) is 13.8 Å². The van der Waals surface area contributed by atoms with Crippen molar-refractivity contribution < 1.29 is 0 Å². The van der Waals surface area contributed by atoms with Crippen molar-refractivity contribution in [2.75, 3.05) is 41.3 Å². The number of aromatic nitrogens is 4. The number of hydrogen-bond acceptors (Lipinski definition) is 7. The number of hydrogen-bond donors (Lipinski definition) is 1. The van der Waals surface area contributed by atoms with Crippen LogP contribution in [-0.4, -0.2) is 46.1 Å². The highest BCUT2D eigenvalue weighted by Gasteiger charge is 2.20. The smallest absolute Gasteiger partial charge is 0.225 e. The third kappa shape index (κ3) is 4.14. The third-order valence-electron chi connectivity index (χ3n) is 4.71. The zero-order valence-electron chi connectivity index (χ0n) is 15.9. The van der Waals surface area contributed by atoms with Gasteiger partial charge in [0.15, 0.2) is 0 Å². The van der Waals surface area contributed by atoms with Crippen molar-refractivity contribution in [1.29, 1.82) is 0 Å². The standard InChI is InChI=1S/C20H22ClN7/c1-14-12-16(21)4-5-17(14)26-18-13-19(25-15(2)24-18)27-8-10-28(11-9-27)20-22-6-3-7-23-20/h3-7,12-13H,8-11H2,1-2H3,(H,24,25,26). The Balaban J connectivity index is 1.48. The SMILES string of the molecule is Cc1nc(Nc2ccc(Cl)cc2C)cc(N2CCN(c3ncccn3)CC2)n1. The molecule has 1 aliphatic heterocycles. The molecule has 4 rings (SSSR count). The number of anilines is 4. The quantitative estimate of drug-likeness (QED) is 0.723. The van der Waals surface area contributed by atoms with Crippen LogP contribution in [-0.2, 0) is 0 Å². The summed E-state index contributed by atoms with van der Waals surface area (Å²) in [7, 11) is 0. The number of nitrogens with one attached hydrogen (secondary N) is 1. The molecule has 2 aromatic heterocycles. The summed E-state index contributed by atoms with van der Waals surface area (Å²) < 4.78 is 0. The van der Waals surface area contributed by atoms with Crippen molar-refractivity contribution in [2.24, 2.45) is 0 Å². The Morgan fingerprint density at radius 1 is 0.929 bits per heavy atom. The molecule has 0 bridgehead atoms. The van der Waals surface area contributed by atoms with Crippen LogP contribution in [0.5, 0.6) is 0 Å². The maximum Gasteiger partial charge on any atom is 0.225 e. The molecule has 0 unspecified atom stereocenters. The van der Waals surface area contributed by atoms with Crippen molar-refractivity contribution in [2.45, 2.75) is 13.8 Å². The fourth-order valence-corrected chi connectivity index (χ4v) is 3.50. The molecule has 1 saturated heterocycles. The average Bonchev–Trinajstić information content (AvgIpc) is 2.70. The normalized spacial score (nSPS) is 14.2. The molecular formula is C20H22ClN7. The van der Waals surface area contributed by atoms with Crippen LogP contribution in [0.2, 0.25) is 5.02 Å². The van der Waals surface area contributed by atoms with Crippen LogP contribution in [0.1, 0.15) is 11.4 Å². The molecule has 0 aliphatic carbocycles. The van der Waals surface area contributed by atoms with Crippen molar-refractivity contribution in [3.63, 3.8) is 0 Å². The minimum Gasteiger partial charge on any atom is -0.353 e. The van der Waals surface area contributed by atoms with E-state index in [4.69, 9.17) is 11.6 Å². The summed E-state index contributed by atoms with van der Waals surface area (Å²) in [4.78, 5) is 22.3. The van der Waals surface area contributed by atoms with E-state index in [9.17, 15) is 0 Å². The zero-order chi connectivity index (χ0) is 19.5. The first-order valence-corrected chi connectivity index (χ1v) is 9.62. The minimum atomic E-state index is 0.725. The van der Waals surface area contributed by atoms with Crippen LogP contribution >= 0.6 is 11.6 Å². The van der Waals surface area contributed by atoms with E-state index in [1.807, 2.05) is 44.2 Å². The van der Waals surface area contributed by atoms with Gasteiger partial charge in [0.25, 0.3) is 0 Å². The molecular weight excluding hydrogens is 374 g/mol. The second kappa shape index (κ2) is 7.98. The maximum atomic E-state index is 6.06. The van der Waals surface area contributed by atoms with Crippen molar-refractivity contribution in [3.05, 3.63) is 59.1 Å². The molecule has 1 fully saturated rings. The Kier molecular flexibility index (Phi) is 5.25. The number of halogens is 1. The van der Waals surface area contributed by atoms with Gasteiger partial charge >= 0.3 is 0 Å². The van der Waals surface area contributed by atoms with E-state index in [0.29, 0.717) is 0 Å². The predicted octanol–water partition coefficient (Wildman–Crippen LogP) is 3.61. The molecule has 0 amide bonds. The van der Waals surface area contributed by atoms with Crippen molar-refractivity contribution >= 4 is 34.9 Å². The first-order chi connectivity index (χ1) is 13.6. The highest BCUT2D eigenvalue weighted by molar-refractivity contribution is 6.30. The van der Waals surface area contributed by atoms with Crippen LogP contribution < -0.4 is 15.1 Å². The lowest BCUT2D eigenvalue weighted by Crippen LogP contribution is -2.47. The second-order valence-corrected chi connectivity index (χ2v) is 7.20. The molecule has 28 heavy (non-hydrogen) atoms. The number of piperazine rings is 1. The van der Waals surface area contributed by atoms with E-state index in [1.54, 1.807) is 12.4 Å². The van der Waals surface area contributed by atoms with E-state index < -0.39 is 0 Å². The lowest BCUT2D eigenvalue weighted by atomic mass is 10.2. The molecule has 0 spiro atoms. The van der Waals surface area contributed by atoms with E-state index in [1.165, 1.54) is 0 Å². The summed E-state index contributed by atoms with van der Waals surface area (Å²) in [6.07, 6.45) is 3.55. The molecule has 3 heterocycles. The third-order valence-corrected chi connectivity index (χ3v) is 4.95. The largest absolute Gasteiger partial charge is 0.353 e. The lowest BCUT2D eigenvalue weighted by molar-refractivity contribution is 0.633. The second-order valence-electron chi connectivity index (χ2n) is 6.77. The van der Waals surface area contributed by atoms with Crippen molar-refractivity contribution in [3.8, 4) is 0 Å². The van der Waals surface area contributed by atoms with Gasteiger partial charge in [0.1, 0.15) is 17.5 Å². The van der Waals surface area contributed by atoms with Crippen LogP contribution in [0.15, 0.2) is 42.7 Å². The number of rotatable bonds is 4. The summed E-state index contributed by atoms with van der Waals surface area (Å²) in [6.45, 7) is 7.35. The molecule has 8 heteroatoms. The summed E-state index contributed by atoms with van der Waals surface area (Å²) in [5.41, 5.74) is 2.06. The fourth-order valence-electron chi connectivity index (χ4n) is 3.27. The van der Waals surface area contributed by atoms with Crippen LogP contribution in [0.3, 0.4) is 0 Å². The van der Waals surface area contributed by atoms with Gasteiger partial charge in [0.05, 0.1) is 0 Å². The van der Waals surface area contributed by atoms with Gasteiger partial charge in [-0.05, 0) is 43.7 Å². The number of aryl methyl sites for hydroxylation is 2. The number of nitrogens with zero attached hydrogens (tertiary/aromatic N) is 6. The zero-order valence-corrected chi connectivity index (χ0v) is 16.7. The Morgan fingerprint density at radius 2 is 1.64 bits per heavy atom. The summed E-state index contributed by atoms with van der Waals surface area (Å²) in [6, 6.07) is 9.60. The van der Waals surface area contributed by atoms with Crippen LogP contribution in [0.25, 0.3) is 0 Å². The van der Waals surface area contributed by atoms with Gasteiger partial charge in [-0.1, -0.05) is 11.6 Å². The molecule has 1 aromatic carbocycles. The van der Waals surface area contributed by atoms with Gasteiger partial charge in [-0.15, -0.1) is 0 Å². The van der Waals surface area contributed by atoms with Crippen molar-refractivity contribution in [1.82, 2.24) is 19.9 Å². The van der Waals surface area contributed by atoms with E-state index in [-0.39, 0.29) is 0 Å². The predicted molar refractivity (Wildman–Crippen MR) is 113 cm³/mol. The topological polar surface area (TPSA) is 70.1 Å². The van der Waals surface area contributed by atoms with E-state index in [0.717, 1.165) is 65.9 Å². The fraction of sp³-hybridized carbons (Fsp3) is 0.300. The average molecular weight is 396 g/mol. The van der Waals surface area contributed by atoms with Gasteiger partial charge in [-0.25, -0.2) is 19.9 Å². The van der Waals surface area contributed by atoms with Gasteiger partial charge in [0, 0.05) is 55.3 Å². The monoisotopic (exact) mass is 395 g/mol. The van der Waals surface area contributed by atoms with Gasteiger partial charge in [0.2, 0.25) is 5.95 Å². The highest BCUT2D eigenvalue weighted by atomic mass is 35.5. The molecule has 0 saturated carbocycles. The molecule has 7 nitrogen and oxygen atoms in total. The van der Waals surface area contributed by atoms with Gasteiger partial charge in [-0.3, -0.25) is 0 Å². The summed E-state index contributed by atoms with van der Waals surface area (Å²) >= 11 is 6.06. The molecule has 1 aliphatic rings. The molecule has 3 aromatic rings. The van der Waals surface area contributed by atoms with Crippen LogP contribution in [0.4, 0.5) is 23.3 Å². The maximum absolute atomic E-state index is 6.06. The molecule has 1 N–H and O–H groups in total. The molecule has 0 radical (unpaired) electrons. The van der Waals surface area contributed by atoms with Gasteiger partial charge < -0.3 is 15.1 Å². The minimum absolute atomic E-state index is 0.725. The molecule has 0 atom stereocenters. The van der Waals surface area contributed by atoms with E-state index in [2.05, 4.69) is 35.1 Å². The summed E-state index contributed by atoms with van der Waals surface area (Å²) in [5.74, 6) is 3.22. The van der Waals surface area contributed by atoms with E-state index >= 15 is 0 Å². The number of benzene rings is 1. The first-order valence-electron chi connectivity index (χ1n) is 9.24. The summed E-state index contributed by atoms with van der Waals surface area (Å²) in [5, 5.41) is 4.11. The lowest BCUT2D eigenvalue weighted by Gasteiger charge is -2.35. The Labute approximate surface area is 169 Å². The highest BCUT2D eigenvalue weighted by Crippen LogP contribution is 2.25. The Bertz CT molecular complexity index is 956. The Hall–Kier alpha value is -2.93. The first kappa shape index (κ1) is 18.4. The van der Waals surface area contributed by atoms with Gasteiger partial charge in [-0.2, -0.15) is 0 Å². The Morgan fingerprint density at radius 3 is 2.36 bits per heavy atom. The molecule has 144 valence electrons.